The Kier molecular flexibility index (Phi) is 6.33. The molecule has 1 aromatic rings. The Labute approximate surface area is 111 Å². The van der Waals surface area contributed by atoms with Crippen LogP contribution in [0.2, 0.25) is 0 Å². The number of likely N-dealkylation sites (N-methyl/N-ethyl adjacent to an activating group) is 2. The second-order valence-electron chi connectivity index (χ2n) is 5.27. The highest BCUT2D eigenvalue weighted by atomic mass is 16.3. The first-order valence-electron chi connectivity index (χ1n) is 6.57. The lowest BCUT2D eigenvalue weighted by Gasteiger charge is -2.21. The molecule has 3 nitrogen and oxygen atoms in total. The van der Waals surface area contributed by atoms with Gasteiger partial charge in [-0.05, 0) is 45.6 Å². The van der Waals surface area contributed by atoms with E-state index in [9.17, 15) is 5.11 Å². The van der Waals surface area contributed by atoms with Crippen LogP contribution in [-0.2, 0) is 0 Å². The van der Waals surface area contributed by atoms with Gasteiger partial charge in [0, 0.05) is 19.6 Å². The van der Waals surface area contributed by atoms with E-state index in [1.807, 2.05) is 31.2 Å². The van der Waals surface area contributed by atoms with Gasteiger partial charge in [0.05, 0.1) is 6.10 Å². The fourth-order valence-electron chi connectivity index (χ4n) is 1.94. The first kappa shape index (κ1) is 15.2. The first-order valence-corrected chi connectivity index (χ1v) is 6.57. The van der Waals surface area contributed by atoms with Crippen LogP contribution in [0.15, 0.2) is 24.3 Å². The third-order valence-electron chi connectivity index (χ3n) is 3.26. The number of benzene rings is 1. The molecule has 0 amide bonds. The maximum atomic E-state index is 10.2. The van der Waals surface area contributed by atoms with Crippen molar-refractivity contribution in [2.75, 3.05) is 40.8 Å². The van der Waals surface area contributed by atoms with E-state index in [1.54, 1.807) is 0 Å². The first-order chi connectivity index (χ1) is 8.50. The summed E-state index contributed by atoms with van der Waals surface area (Å²) in [6, 6.07) is 8.06. The van der Waals surface area contributed by atoms with Gasteiger partial charge in [-0.2, -0.15) is 0 Å². The Morgan fingerprint density at radius 1 is 1.06 bits per heavy atom. The van der Waals surface area contributed by atoms with Crippen molar-refractivity contribution >= 4 is 0 Å². The summed E-state index contributed by atoms with van der Waals surface area (Å²) in [4.78, 5) is 4.44. The van der Waals surface area contributed by atoms with Crippen LogP contribution in [0.25, 0.3) is 0 Å². The predicted octanol–water partition coefficient (Wildman–Crippen LogP) is 1.91. The molecule has 0 aliphatic heterocycles. The number of aryl methyl sites for hydroxylation is 1. The van der Waals surface area contributed by atoms with E-state index in [-0.39, 0.29) is 6.10 Å². The SMILES string of the molecule is Cc1ccccc1C(O)CCN(C)CCN(C)C. The minimum atomic E-state index is -0.354. The molecular formula is C15H26N2O. The standard InChI is InChI=1S/C15H26N2O/c1-13-7-5-6-8-14(13)15(18)9-10-17(4)12-11-16(2)3/h5-8,15,18H,9-12H2,1-4H3. The molecule has 3 heteroatoms. The van der Waals surface area contributed by atoms with Crippen LogP contribution in [0.1, 0.15) is 23.7 Å². The maximum absolute atomic E-state index is 10.2. The molecule has 0 saturated carbocycles. The van der Waals surface area contributed by atoms with E-state index in [1.165, 1.54) is 5.56 Å². The zero-order valence-corrected chi connectivity index (χ0v) is 12.1. The second-order valence-corrected chi connectivity index (χ2v) is 5.27. The highest BCUT2D eigenvalue weighted by Crippen LogP contribution is 2.20. The highest BCUT2D eigenvalue weighted by Gasteiger charge is 2.10. The van der Waals surface area contributed by atoms with Crippen molar-refractivity contribution in [1.29, 1.82) is 0 Å². The lowest BCUT2D eigenvalue weighted by atomic mass is 10.0. The topological polar surface area (TPSA) is 26.7 Å². The molecule has 0 bridgehead atoms. The molecule has 0 aliphatic rings. The maximum Gasteiger partial charge on any atom is 0.0804 e. The number of hydrogen-bond donors (Lipinski definition) is 1. The molecular weight excluding hydrogens is 224 g/mol. The molecule has 1 atom stereocenters. The van der Waals surface area contributed by atoms with Crippen molar-refractivity contribution in [2.24, 2.45) is 0 Å². The summed E-state index contributed by atoms with van der Waals surface area (Å²) in [5.41, 5.74) is 2.22. The van der Waals surface area contributed by atoms with Crippen LogP contribution in [0.4, 0.5) is 0 Å². The van der Waals surface area contributed by atoms with Gasteiger partial charge in [-0.25, -0.2) is 0 Å². The zero-order chi connectivity index (χ0) is 13.5. The molecule has 0 spiro atoms. The van der Waals surface area contributed by atoms with Crippen LogP contribution in [0.5, 0.6) is 0 Å². The van der Waals surface area contributed by atoms with Crippen molar-refractivity contribution in [1.82, 2.24) is 9.80 Å². The van der Waals surface area contributed by atoms with E-state index in [4.69, 9.17) is 0 Å². The van der Waals surface area contributed by atoms with Crippen LogP contribution in [0.3, 0.4) is 0 Å². The number of rotatable bonds is 7. The van der Waals surface area contributed by atoms with Gasteiger partial charge in [0.25, 0.3) is 0 Å². The Bertz CT molecular complexity index is 352. The summed E-state index contributed by atoms with van der Waals surface area (Å²) in [6.45, 7) is 5.06. The minimum absolute atomic E-state index is 0.354. The molecule has 1 aromatic carbocycles. The Hall–Kier alpha value is -0.900. The van der Waals surface area contributed by atoms with Crippen LogP contribution >= 0.6 is 0 Å². The number of aliphatic hydroxyl groups excluding tert-OH is 1. The van der Waals surface area contributed by atoms with Gasteiger partial charge >= 0.3 is 0 Å². The van der Waals surface area contributed by atoms with Gasteiger partial charge in [0.2, 0.25) is 0 Å². The van der Waals surface area contributed by atoms with E-state index < -0.39 is 0 Å². The van der Waals surface area contributed by atoms with Gasteiger partial charge in [-0.1, -0.05) is 24.3 Å². The number of hydrogen-bond acceptors (Lipinski definition) is 3. The van der Waals surface area contributed by atoms with Crippen molar-refractivity contribution in [3.63, 3.8) is 0 Å². The molecule has 0 saturated heterocycles. The molecule has 0 heterocycles. The normalized spacial score (nSPS) is 13.3. The van der Waals surface area contributed by atoms with Crippen LogP contribution in [0, 0.1) is 6.92 Å². The van der Waals surface area contributed by atoms with E-state index in [0.717, 1.165) is 31.6 Å². The van der Waals surface area contributed by atoms with Gasteiger partial charge in [-0.15, -0.1) is 0 Å². The molecule has 0 aromatic heterocycles. The third kappa shape index (κ3) is 5.17. The van der Waals surface area contributed by atoms with Crippen molar-refractivity contribution in [3.8, 4) is 0 Å². The molecule has 1 rings (SSSR count). The Morgan fingerprint density at radius 2 is 1.72 bits per heavy atom. The van der Waals surface area contributed by atoms with Crippen molar-refractivity contribution < 1.29 is 5.11 Å². The summed E-state index contributed by atoms with van der Waals surface area (Å²) >= 11 is 0. The minimum Gasteiger partial charge on any atom is -0.388 e. The van der Waals surface area contributed by atoms with Crippen LogP contribution < -0.4 is 0 Å². The summed E-state index contributed by atoms with van der Waals surface area (Å²) in [5, 5.41) is 10.2. The average Bonchev–Trinajstić information content (AvgIpc) is 2.34. The molecule has 0 radical (unpaired) electrons. The van der Waals surface area contributed by atoms with E-state index >= 15 is 0 Å². The van der Waals surface area contributed by atoms with Gasteiger partial charge < -0.3 is 14.9 Å². The number of aliphatic hydroxyl groups is 1. The Balaban J connectivity index is 2.37. The molecule has 0 fully saturated rings. The lowest BCUT2D eigenvalue weighted by Crippen LogP contribution is -2.30. The Morgan fingerprint density at radius 3 is 2.33 bits per heavy atom. The van der Waals surface area contributed by atoms with Crippen molar-refractivity contribution in [3.05, 3.63) is 35.4 Å². The quantitative estimate of drug-likeness (QED) is 0.801. The molecule has 0 aliphatic carbocycles. The molecule has 1 unspecified atom stereocenters. The van der Waals surface area contributed by atoms with Gasteiger partial charge in [0.15, 0.2) is 0 Å². The predicted molar refractivity (Wildman–Crippen MR) is 76.8 cm³/mol. The average molecular weight is 250 g/mol. The van der Waals surface area contributed by atoms with Gasteiger partial charge in [0.1, 0.15) is 0 Å². The fraction of sp³-hybridized carbons (Fsp3) is 0.600. The second kappa shape index (κ2) is 7.52. The van der Waals surface area contributed by atoms with E-state index in [0.29, 0.717) is 0 Å². The third-order valence-corrected chi connectivity index (χ3v) is 3.26. The summed E-state index contributed by atoms with van der Waals surface area (Å²) < 4.78 is 0. The van der Waals surface area contributed by atoms with E-state index in [2.05, 4.69) is 30.9 Å². The molecule has 1 N–H and O–H groups in total. The largest absolute Gasteiger partial charge is 0.388 e. The monoisotopic (exact) mass is 250 g/mol. The molecule has 18 heavy (non-hydrogen) atoms. The van der Waals surface area contributed by atoms with Gasteiger partial charge in [-0.3, -0.25) is 0 Å². The van der Waals surface area contributed by atoms with Crippen LogP contribution in [-0.4, -0.2) is 55.7 Å². The van der Waals surface area contributed by atoms with Crippen molar-refractivity contribution in [2.45, 2.75) is 19.4 Å². The number of nitrogens with zero attached hydrogens (tertiary/aromatic N) is 2. The fourth-order valence-corrected chi connectivity index (χ4v) is 1.94. The smallest absolute Gasteiger partial charge is 0.0804 e. The molecule has 102 valence electrons. The lowest BCUT2D eigenvalue weighted by molar-refractivity contribution is 0.146. The summed E-state index contributed by atoms with van der Waals surface area (Å²) in [5.74, 6) is 0. The summed E-state index contributed by atoms with van der Waals surface area (Å²) in [7, 11) is 6.26. The highest BCUT2D eigenvalue weighted by molar-refractivity contribution is 5.27. The summed E-state index contributed by atoms with van der Waals surface area (Å²) in [6.07, 6.45) is 0.433. The zero-order valence-electron chi connectivity index (χ0n) is 12.1.